The predicted octanol–water partition coefficient (Wildman–Crippen LogP) is 1.92. The molecule has 1 saturated heterocycles. The van der Waals surface area contributed by atoms with Crippen LogP contribution in [0.3, 0.4) is 0 Å². The molecule has 1 aromatic rings. The van der Waals surface area contributed by atoms with Crippen molar-refractivity contribution in [2.45, 2.75) is 32.2 Å². The van der Waals surface area contributed by atoms with Gasteiger partial charge in [-0.15, -0.1) is 0 Å². The maximum Gasteiger partial charge on any atom is 0.223 e. The number of carbonyl (C=O) groups excluding carboxylic acids is 1. The van der Waals surface area contributed by atoms with Gasteiger partial charge in [0.1, 0.15) is 0 Å². The minimum atomic E-state index is 0.0620. The number of likely N-dealkylation sites (tertiary alicyclic amines) is 1. The number of anilines is 2. The summed E-state index contributed by atoms with van der Waals surface area (Å²) in [6, 6.07) is 6.75. The number of piperidine rings is 1. The first-order valence-corrected chi connectivity index (χ1v) is 8.49. The Hall–Kier alpha value is -2.06. The highest BCUT2D eigenvalue weighted by molar-refractivity contribution is 5.98. The molecule has 5 nitrogen and oxygen atoms in total. The number of hydrogen-bond donors (Lipinski definition) is 0. The average Bonchev–Trinajstić information content (AvgIpc) is 2.89. The zero-order valence-electron chi connectivity index (χ0n) is 13.7. The molecule has 2 atom stereocenters. The van der Waals surface area contributed by atoms with Crippen LogP contribution in [-0.4, -0.2) is 49.6 Å². The van der Waals surface area contributed by atoms with E-state index in [0.717, 1.165) is 44.8 Å². The molecular formula is C18H22N4O. The summed E-state index contributed by atoms with van der Waals surface area (Å²) in [6.07, 6.45) is 1.16. The standard InChI is InChI=1S/C18H22N4O/c1-3-20-5-4-16-15(11-20)14-8-13(10-19)9-17-18(14)22(16)7-6-21(17)12(2)23/h8-9,15-16H,3-7,11H2,1-2H3/t15-,16-/m0/s1. The molecule has 0 bridgehead atoms. The number of hydrogen-bond acceptors (Lipinski definition) is 4. The maximum atomic E-state index is 12.0. The van der Waals surface area contributed by atoms with Crippen molar-refractivity contribution in [3.63, 3.8) is 0 Å². The number of amides is 1. The van der Waals surface area contributed by atoms with Gasteiger partial charge in [0.05, 0.1) is 23.0 Å². The van der Waals surface area contributed by atoms with Crippen LogP contribution < -0.4 is 9.80 Å². The fourth-order valence-corrected chi connectivity index (χ4v) is 4.58. The van der Waals surface area contributed by atoms with Gasteiger partial charge in [-0.3, -0.25) is 4.79 Å². The second-order valence-corrected chi connectivity index (χ2v) is 6.76. The lowest BCUT2D eigenvalue weighted by Gasteiger charge is -2.41. The summed E-state index contributed by atoms with van der Waals surface area (Å²) in [7, 11) is 0. The van der Waals surface area contributed by atoms with Crippen LogP contribution in [0, 0.1) is 11.3 Å². The molecule has 3 heterocycles. The topological polar surface area (TPSA) is 50.6 Å². The molecule has 0 radical (unpaired) electrons. The molecule has 1 fully saturated rings. The number of fused-ring (bicyclic) bond motifs is 3. The van der Waals surface area contributed by atoms with Crippen LogP contribution in [0.5, 0.6) is 0 Å². The van der Waals surface area contributed by atoms with E-state index in [2.05, 4.69) is 28.9 Å². The third-order valence-corrected chi connectivity index (χ3v) is 5.68. The van der Waals surface area contributed by atoms with Gasteiger partial charge < -0.3 is 14.7 Å². The normalized spacial score (nSPS) is 25.8. The molecule has 0 N–H and O–H groups in total. The third-order valence-electron chi connectivity index (χ3n) is 5.68. The Labute approximate surface area is 137 Å². The van der Waals surface area contributed by atoms with Crippen LogP contribution in [-0.2, 0) is 4.79 Å². The molecule has 5 heteroatoms. The molecule has 1 aromatic carbocycles. The maximum absolute atomic E-state index is 12.0. The van der Waals surface area contributed by atoms with Gasteiger partial charge in [0.25, 0.3) is 0 Å². The van der Waals surface area contributed by atoms with Gasteiger partial charge in [-0.1, -0.05) is 6.92 Å². The van der Waals surface area contributed by atoms with Crippen molar-refractivity contribution in [3.05, 3.63) is 23.3 Å². The van der Waals surface area contributed by atoms with E-state index in [1.807, 2.05) is 11.0 Å². The monoisotopic (exact) mass is 310 g/mol. The summed E-state index contributed by atoms with van der Waals surface area (Å²) < 4.78 is 0. The van der Waals surface area contributed by atoms with Crippen molar-refractivity contribution < 1.29 is 4.79 Å². The average molecular weight is 310 g/mol. The SMILES string of the molecule is CCN1CC[C@H]2[C@@H](C1)c1cc(C#N)cc3c1N2CCN3C(C)=O. The van der Waals surface area contributed by atoms with Crippen LogP contribution in [0.1, 0.15) is 37.3 Å². The lowest BCUT2D eigenvalue weighted by atomic mass is 9.88. The van der Waals surface area contributed by atoms with E-state index in [9.17, 15) is 10.1 Å². The first-order chi connectivity index (χ1) is 11.1. The van der Waals surface area contributed by atoms with Crippen LogP contribution >= 0.6 is 0 Å². The Morgan fingerprint density at radius 2 is 2.17 bits per heavy atom. The number of nitrogens with zero attached hydrogens (tertiary/aromatic N) is 4. The van der Waals surface area contributed by atoms with E-state index in [0.29, 0.717) is 17.5 Å². The molecule has 120 valence electrons. The predicted molar refractivity (Wildman–Crippen MR) is 89.8 cm³/mol. The zero-order valence-corrected chi connectivity index (χ0v) is 13.7. The van der Waals surface area contributed by atoms with E-state index in [1.165, 1.54) is 11.3 Å². The molecule has 0 aromatic heterocycles. The second-order valence-electron chi connectivity index (χ2n) is 6.76. The largest absolute Gasteiger partial charge is 0.364 e. The highest BCUT2D eigenvalue weighted by atomic mass is 16.2. The van der Waals surface area contributed by atoms with Crippen LogP contribution in [0.15, 0.2) is 12.1 Å². The van der Waals surface area contributed by atoms with Crippen LogP contribution in [0.4, 0.5) is 11.4 Å². The second kappa shape index (κ2) is 5.24. The fourth-order valence-electron chi connectivity index (χ4n) is 4.58. The number of benzene rings is 1. The molecule has 0 aliphatic carbocycles. The molecule has 0 saturated carbocycles. The molecule has 0 unspecified atom stereocenters. The van der Waals surface area contributed by atoms with Gasteiger partial charge >= 0.3 is 0 Å². The quantitative estimate of drug-likeness (QED) is 0.795. The van der Waals surface area contributed by atoms with Crippen LogP contribution in [0.25, 0.3) is 0 Å². The molecular weight excluding hydrogens is 288 g/mol. The Morgan fingerprint density at radius 3 is 2.87 bits per heavy atom. The number of nitriles is 1. The molecule has 0 spiro atoms. The summed E-state index contributed by atoms with van der Waals surface area (Å²) in [5.74, 6) is 0.518. The smallest absolute Gasteiger partial charge is 0.223 e. The summed E-state index contributed by atoms with van der Waals surface area (Å²) in [5, 5.41) is 9.41. The first-order valence-electron chi connectivity index (χ1n) is 8.49. The number of carbonyl (C=O) groups is 1. The Morgan fingerprint density at radius 1 is 1.35 bits per heavy atom. The first kappa shape index (κ1) is 14.5. The van der Waals surface area contributed by atoms with Crippen LogP contribution in [0.2, 0.25) is 0 Å². The summed E-state index contributed by atoms with van der Waals surface area (Å²) in [5.41, 5.74) is 4.09. The van der Waals surface area contributed by atoms with E-state index in [-0.39, 0.29) is 5.91 Å². The highest BCUT2D eigenvalue weighted by Gasteiger charge is 2.45. The summed E-state index contributed by atoms with van der Waals surface area (Å²) in [4.78, 5) is 18.9. The third kappa shape index (κ3) is 2.05. The molecule has 4 rings (SSSR count). The van der Waals surface area contributed by atoms with Gasteiger partial charge in [-0.25, -0.2) is 0 Å². The van der Waals surface area contributed by atoms with Crippen molar-refractivity contribution >= 4 is 17.3 Å². The Bertz CT molecular complexity index is 708. The molecule has 3 aliphatic heterocycles. The van der Waals surface area contributed by atoms with Crippen molar-refractivity contribution in [3.8, 4) is 6.07 Å². The minimum Gasteiger partial charge on any atom is -0.364 e. The van der Waals surface area contributed by atoms with Crippen molar-refractivity contribution in [2.75, 3.05) is 42.5 Å². The van der Waals surface area contributed by atoms with E-state index < -0.39 is 0 Å². The molecule has 1 amide bonds. The summed E-state index contributed by atoms with van der Waals surface area (Å²) >= 11 is 0. The van der Waals surface area contributed by atoms with Gasteiger partial charge in [-0.05, 0) is 30.7 Å². The lowest BCUT2D eigenvalue weighted by molar-refractivity contribution is -0.116. The minimum absolute atomic E-state index is 0.0620. The van der Waals surface area contributed by atoms with E-state index in [1.54, 1.807) is 6.92 Å². The number of likely N-dealkylation sites (N-methyl/N-ethyl adjacent to an activating group) is 1. The van der Waals surface area contributed by atoms with Gasteiger partial charge in [0.2, 0.25) is 5.91 Å². The van der Waals surface area contributed by atoms with Crippen molar-refractivity contribution in [1.82, 2.24) is 4.90 Å². The van der Waals surface area contributed by atoms with Gasteiger partial charge in [-0.2, -0.15) is 5.26 Å². The Kier molecular flexibility index (Phi) is 3.31. The summed E-state index contributed by atoms with van der Waals surface area (Å²) in [6.45, 7) is 8.71. The number of rotatable bonds is 1. The van der Waals surface area contributed by atoms with E-state index in [4.69, 9.17) is 0 Å². The molecule has 23 heavy (non-hydrogen) atoms. The van der Waals surface area contributed by atoms with Gasteiger partial charge in [0, 0.05) is 45.1 Å². The zero-order chi connectivity index (χ0) is 16.1. The van der Waals surface area contributed by atoms with Crippen molar-refractivity contribution in [1.29, 1.82) is 5.26 Å². The lowest BCUT2D eigenvalue weighted by Crippen LogP contribution is -2.50. The highest BCUT2D eigenvalue weighted by Crippen LogP contribution is 2.51. The van der Waals surface area contributed by atoms with E-state index >= 15 is 0 Å². The Balaban J connectivity index is 1.86. The molecule has 3 aliphatic rings. The van der Waals surface area contributed by atoms with Gasteiger partial charge in [0.15, 0.2) is 0 Å². The fraction of sp³-hybridized carbons (Fsp3) is 0.556. The van der Waals surface area contributed by atoms with Crippen molar-refractivity contribution in [2.24, 2.45) is 0 Å².